The number of benzene rings is 1. The number of fused-ring (bicyclic) bond motifs is 1. The number of amides is 1. The third kappa shape index (κ3) is 3.13. The Hall–Kier alpha value is -2.96. The molecule has 1 unspecified atom stereocenters. The SMILES string of the molecule is Cc1cc(C)n(C2CCN(C(=O)Cn3nc(C)c4ccccc4c3=O)C2)n1. The first-order valence-electron chi connectivity index (χ1n) is 9.21. The van der Waals surface area contributed by atoms with Gasteiger partial charge in [-0.2, -0.15) is 10.2 Å². The number of hydrogen-bond acceptors (Lipinski definition) is 4. The number of carbonyl (C=O) groups is 1. The highest BCUT2D eigenvalue weighted by molar-refractivity contribution is 5.83. The molecule has 1 atom stereocenters. The molecule has 0 saturated carbocycles. The molecule has 1 fully saturated rings. The van der Waals surface area contributed by atoms with E-state index in [-0.39, 0.29) is 24.1 Å². The van der Waals surface area contributed by atoms with E-state index in [9.17, 15) is 9.59 Å². The van der Waals surface area contributed by atoms with Gasteiger partial charge in [0.05, 0.1) is 22.8 Å². The summed E-state index contributed by atoms with van der Waals surface area (Å²) in [5, 5.41) is 10.3. The van der Waals surface area contributed by atoms with E-state index in [1.54, 1.807) is 11.0 Å². The van der Waals surface area contributed by atoms with Gasteiger partial charge in [-0.05, 0) is 39.3 Å². The second-order valence-corrected chi connectivity index (χ2v) is 7.25. The van der Waals surface area contributed by atoms with Crippen molar-refractivity contribution in [1.82, 2.24) is 24.5 Å². The fraction of sp³-hybridized carbons (Fsp3) is 0.400. The second kappa shape index (κ2) is 6.64. The van der Waals surface area contributed by atoms with Gasteiger partial charge in [-0.25, -0.2) is 4.68 Å². The molecule has 0 spiro atoms. The molecule has 140 valence electrons. The molecule has 1 aliphatic rings. The van der Waals surface area contributed by atoms with E-state index < -0.39 is 0 Å². The molecule has 2 aromatic heterocycles. The average molecular weight is 365 g/mol. The number of rotatable bonds is 3. The first-order valence-corrected chi connectivity index (χ1v) is 9.21. The smallest absolute Gasteiger partial charge is 0.275 e. The van der Waals surface area contributed by atoms with Crippen LogP contribution in [0.1, 0.15) is 29.5 Å². The van der Waals surface area contributed by atoms with E-state index in [4.69, 9.17) is 0 Å². The first-order chi connectivity index (χ1) is 12.9. The Balaban J connectivity index is 1.53. The summed E-state index contributed by atoms with van der Waals surface area (Å²) >= 11 is 0. The Bertz CT molecular complexity index is 1080. The monoisotopic (exact) mass is 365 g/mol. The molecule has 0 aliphatic carbocycles. The van der Waals surface area contributed by atoms with Crippen molar-refractivity contribution >= 4 is 16.7 Å². The normalized spacial score (nSPS) is 17.0. The first kappa shape index (κ1) is 17.5. The van der Waals surface area contributed by atoms with Gasteiger partial charge in [-0.3, -0.25) is 14.3 Å². The lowest BCUT2D eigenvalue weighted by molar-refractivity contribution is -0.131. The number of aryl methyl sites for hydroxylation is 3. The Morgan fingerprint density at radius 3 is 2.59 bits per heavy atom. The maximum absolute atomic E-state index is 12.8. The average Bonchev–Trinajstić information content (AvgIpc) is 3.25. The summed E-state index contributed by atoms with van der Waals surface area (Å²) in [6.07, 6.45) is 0.868. The molecule has 1 saturated heterocycles. The minimum Gasteiger partial charge on any atom is -0.339 e. The van der Waals surface area contributed by atoms with Gasteiger partial charge in [0, 0.05) is 24.2 Å². The van der Waals surface area contributed by atoms with Gasteiger partial charge < -0.3 is 4.90 Å². The Morgan fingerprint density at radius 1 is 1.15 bits per heavy atom. The second-order valence-electron chi connectivity index (χ2n) is 7.25. The molecule has 1 aromatic carbocycles. The van der Waals surface area contributed by atoms with Gasteiger partial charge in [0.25, 0.3) is 5.56 Å². The van der Waals surface area contributed by atoms with Crippen molar-refractivity contribution in [2.45, 2.75) is 39.8 Å². The molecule has 7 nitrogen and oxygen atoms in total. The molecule has 27 heavy (non-hydrogen) atoms. The minimum atomic E-state index is -0.223. The van der Waals surface area contributed by atoms with Crippen LogP contribution in [0.4, 0.5) is 0 Å². The van der Waals surface area contributed by atoms with Crippen LogP contribution in [-0.4, -0.2) is 43.5 Å². The van der Waals surface area contributed by atoms with Crippen molar-refractivity contribution in [1.29, 1.82) is 0 Å². The van der Waals surface area contributed by atoms with Crippen molar-refractivity contribution in [2.24, 2.45) is 0 Å². The molecule has 0 bridgehead atoms. The predicted octanol–water partition coefficient (Wildman–Crippen LogP) is 1.99. The van der Waals surface area contributed by atoms with Crippen LogP contribution >= 0.6 is 0 Å². The van der Waals surface area contributed by atoms with Crippen molar-refractivity contribution in [3.63, 3.8) is 0 Å². The number of nitrogens with zero attached hydrogens (tertiary/aromatic N) is 5. The van der Waals surface area contributed by atoms with Gasteiger partial charge in [0.15, 0.2) is 0 Å². The summed E-state index contributed by atoms with van der Waals surface area (Å²) in [6.45, 7) is 7.12. The van der Waals surface area contributed by atoms with Gasteiger partial charge >= 0.3 is 0 Å². The number of likely N-dealkylation sites (tertiary alicyclic amines) is 1. The van der Waals surface area contributed by atoms with E-state index in [1.807, 2.05) is 49.7 Å². The zero-order valence-corrected chi connectivity index (χ0v) is 15.8. The predicted molar refractivity (Wildman–Crippen MR) is 103 cm³/mol. The lowest BCUT2D eigenvalue weighted by atomic mass is 10.1. The lowest BCUT2D eigenvalue weighted by Crippen LogP contribution is -2.36. The van der Waals surface area contributed by atoms with Gasteiger partial charge in [0.2, 0.25) is 5.91 Å². The minimum absolute atomic E-state index is 0.0334. The molecule has 7 heteroatoms. The van der Waals surface area contributed by atoms with Crippen LogP contribution in [0.3, 0.4) is 0 Å². The van der Waals surface area contributed by atoms with Crippen LogP contribution in [0.15, 0.2) is 35.1 Å². The maximum Gasteiger partial charge on any atom is 0.275 e. The number of carbonyl (C=O) groups excluding carboxylic acids is 1. The summed E-state index contributed by atoms with van der Waals surface area (Å²) in [6, 6.07) is 9.61. The van der Waals surface area contributed by atoms with E-state index in [1.165, 1.54) is 4.68 Å². The molecule has 0 radical (unpaired) electrons. The van der Waals surface area contributed by atoms with Crippen LogP contribution in [0.5, 0.6) is 0 Å². The largest absolute Gasteiger partial charge is 0.339 e. The molecule has 3 aromatic rings. The van der Waals surface area contributed by atoms with Crippen LogP contribution in [-0.2, 0) is 11.3 Å². The highest BCUT2D eigenvalue weighted by Crippen LogP contribution is 2.23. The quantitative estimate of drug-likeness (QED) is 0.712. The Labute approximate surface area is 157 Å². The highest BCUT2D eigenvalue weighted by Gasteiger charge is 2.29. The van der Waals surface area contributed by atoms with E-state index in [0.717, 1.165) is 28.9 Å². The molecular formula is C20H23N5O2. The van der Waals surface area contributed by atoms with Gasteiger partial charge in [0.1, 0.15) is 6.54 Å². The molecule has 4 rings (SSSR count). The molecule has 3 heterocycles. The Morgan fingerprint density at radius 2 is 1.89 bits per heavy atom. The lowest BCUT2D eigenvalue weighted by Gasteiger charge is -2.18. The van der Waals surface area contributed by atoms with Crippen LogP contribution in [0, 0.1) is 20.8 Å². The van der Waals surface area contributed by atoms with E-state index in [2.05, 4.69) is 10.2 Å². The van der Waals surface area contributed by atoms with Crippen molar-refractivity contribution in [3.05, 3.63) is 57.8 Å². The summed E-state index contributed by atoms with van der Waals surface area (Å²) < 4.78 is 3.30. The fourth-order valence-corrected chi connectivity index (χ4v) is 3.92. The summed E-state index contributed by atoms with van der Waals surface area (Å²) in [5.74, 6) is -0.0803. The van der Waals surface area contributed by atoms with Gasteiger partial charge in [-0.1, -0.05) is 18.2 Å². The zero-order chi connectivity index (χ0) is 19.1. The fourth-order valence-electron chi connectivity index (χ4n) is 3.92. The molecule has 1 amide bonds. The molecule has 1 aliphatic heterocycles. The number of hydrogen-bond donors (Lipinski definition) is 0. The topological polar surface area (TPSA) is 73.0 Å². The zero-order valence-electron chi connectivity index (χ0n) is 15.8. The molecule has 0 N–H and O–H groups in total. The third-order valence-corrected chi connectivity index (χ3v) is 5.24. The van der Waals surface area contributed by atoms with Crippen molar-refractivity contribution < 1.29 is 4.79 Å². The highest BCUT2D eigenvalue weighted by atomic mass is 16.2. The number of aromatic nitrogens is 4. The van der Waals surface area contributed by atoms with Crippen LogP contribution in [0.25, 0.3) is 10.8 Å². The van der Waals surface area contributed by atoms with Crippen molar-refractivity contribution in [3.8, 4) is 0 Å². The standard InChI is InChI=1S/C20H23N5O2/c1-13-10-14(2)25(21-13)16-8-9-23(11-16)19(26)12-24-20(27)18-7-5-4-6-17(18)15(3)22-24/h4-7,10,16H,8-9,11-12H2,1-3H3. The Kier molecular flexibility index (Phi) is 4.30. The third-order valence-electron chi connectivity index (χ3n) is 5.24. The van der Waals surface area contributed by atoms with E-state index in [0.29, 0.717) is 18.5 Å². The summed E-state index contributed by atoms with van der Waals surface area (Å²) in [5.41, 5.74) is 2.62. The van der Waals surface area contributed by atoms with Crippen LogP contribution in [0.2, 0.25) is 0 Å². The van der Waals surface area contributed by atoms with Gasteiger partial charge in [-0.15, -0.1) is 0 Å². The van der Waals surface area contributed by atoms with E-state index >= 15 is 0 Å². The maximum atomic E-state index is 12.8. The van der Waals surface area contributed by atoms with Crippen LogP contribution < -0.4 is 5.56 Å². The molecular weight excluding hydrogens is 342 g/mol. The van der Waals surface area contributed by atoms with Crippen molar-refractivity contribution in [2.75, 3.05) is 13.1 Å². The summed E-state index contributed by atoms with van der Waals surface area (Å²) in [4.78, 5) is 27.3. The summed E-state index contributed by atoms with van der Waals surface area (Å²) in [7, 11) is 0.